The van der Waals surface area contributed by atoms with E-state index in [1.165, 1.54) is 16.7 Å². The van der Waals surface area contributed by atoms with Crippen molar-refractivity contribution in [3.63, 3.8) is 0 Å². The molecule has 3 heteroatoms. The third-order valence-electron chi connectivity index (χ3n) is 4.91. The summed E-state index contributed by atoms with van der Waals surface area (Å²) in [4.78, 5) is 13.6. The summed E-state index contributed by atoms with van der Waals surface area (Å²) in [5.41, 5.74) is 4.03. The molecule has 1 fully saturated rings. The maximum absolute atomic E-state index is 11.6. The van der Waals surface area contributed by atoms with E-state index >= 15 is 0 Å². The molecule has 1 aliphatic rings. The lowest BCUT2D eigenvalue weighted by molar-refractivity contribution is -0.127. The van der Waals surface area contributed by atoms with Crippen molar-refractivity contribution in [2.45, 2.75) is 38.5 Å². The Balaban J connectivity index is 1.54. The zero-order chi connectivity index (χ0) is 16.9. The summed E-state index contributed by atoms with van der Waals surface area (Å²) in [5.74, 6) is 0.725. The molecule has 0 aliphatic carbocycles. The molecule has 0 bridgehead atoms. The normalized spacial score (nSPS) is 15.8. The summed E-state index contributed by atoms with van der Waals surface area (Å²) in [5, 5.41) is 0. The van der Waals surface area contributed by atoms with Crippen molar-refractivity contribution < 1.29 is 4.79 Å². The van der Waals surface area contributed by atoms with Crippen LogP contribution in [0.4, 0.5) is 0 Å². The topological polar surface area (TPSA) is 20.3 Å². The summed E-state index contributed by atoms with van der Waals surface area (Å²) >= 11 is 3.49. The summed E-state index contributed by atoms with van der Waals surface area (Å²) < 4.78 is 1.12. The molecule has 126 valence electrons. The van der Waals surface area contributed by atoms with Gasteiger partial charge >= 0.3 is 0 Å². The van der Waals surface area contributed by atoms with Crippen molar-refractivity contribution in [2.24, 2.45) is 0 Å². The van der Waals surface area contributed by atoms with E-state index in [9.17, 15) is 4.79 Å². The average Bonchev–Trinajstić information content (AvgIpc) is 3.01. The first-order valence-corrected chi connectivity index (χ1v) is 9.55. The molecule has 1 saturated heterocycles. The third kappa shape index (κ3) is 4.27. The molecule has 0 spiro atoms. The number of aryl methyl sites for hydroxylation is 1. The second-order valence-corrected chi connectivity index (χ2v) is 7.52. The van der Waals surface area contributed by atoms with Gasteiger partial charge in [0.05, 0.1) is 0 Å². The van der Waals surface area contributed by atoms with Gasteiger partial charge in [-0.05, 0) is 48.1 Å². The monoisotopic (exact) mass is 385 g/mol. The first kappa shape index (κ1) is 17.2. The van der Waals surface area contributed by atoms with Gasteiger partial charge in [-0.1, -0.05) is 59.3 Å². The number of hydrogen-bond acceptors (Lipinski definition) is 1. The lowest BCUT2D eigenvalue weighted by Crippen LogP contribution is -2.25. The Morgan fingerprint density at radius 3 is 2.25 bits per heavy atom. The molecule has 2 aromatic carbocycles. The second kappa shape index (κ2) is 7.98. The number of halogens is 1. The van der Waals surface area contributed by atoms with Gasteiger partial charge in [0, 0.05) is 29.9 Å². The fourth-order valence-electron chi connectivity index (χ4n) is 3.33. The zero-order valence-electron chi connectivity index (χ0n) is 14.2. The lowest BCUT2D eigenvalue weighted by atomic mass is 9.92. The standard InChI is InChI=1S/C21H24BrNO/c1-16(19-10-12-20(22)13-11-19)18-8-6-17(7-9-18)4-2-14-23-15-3-5-21(23)24/h6-13,16H,2-5,14-15H2,1H3. The molecule has 2 nitrogen and oxygen atoms in total. The second-order valence-electron chi connectivity index (χ2n) is 6.60. The van der Waals surface area contributed by atoms with E-state index in [0.29, 0.717) is 11.8 Å². The summed E-state index contributed by atoms with van der Waals surface area (Å²) in [6, 6.07) is 17.5. The van der Waals surface area contributed by atoms with Crippen LogP contribution in [0, 0.1) is 0 Å². The van der Waals surface area contributed by atoms with Crippen LogP contribution in [0.25, 0.3) is 0 Å². The molecule has 0 saturated carbocycles. The highest BCUT2D eigenvalue weighted by molar-refractivity contribution is 9.10. The number of nitrogens with zero attached hydrogens (tertiary/aromatic N) is 1. The molecule has 1 atom stereocenters. The maximum Gasteiger partial charge on any atom is 0.222 e. The van der Waals surface area contributed by atoms with E-state index in [2.05, 4.69) is 71.4 Å². The van der Waals surface area contributed by atoms with Crippen molar-refractivity contribution in [2.75, 3.05) is 13.1 Å². The number of carbonyl (C=O) groups excluding carboxylic acids is 1. The fourth-order valence-corrected chi connectivity index (χ4v) is 3.60. The smallest absolute Gasteiger partial charge is 0.222 e. The van der Waals surface area contributed by atoms with Crippen molar-refractivity contribution in [1.29, 1.82) is 0 Å². The van der Waals surface area contributed by atoms with Gasteiger partial charge in [-0.3, -0.25) is 4.79 Å². The number of likely N-dealkylation sites (tertiary alicyclic amines) is 1. The van der Waals surface area contributed by atoms with Crippen molar-refractivity contribution >= 4 is 21.8 Å². The minimum atomic E-state index is 0.327. The van der Waals surface area contributed by atoms with Gasteiger partial charge in [-0.25, -0.2) is 0 Å². The van der Waals surface area contributed by atoms with E-state index in [1.807, 2.05) is 4.90 Å². The van der Waals surface area contributed by atoms with Gasteiger partial charge in [0.1, 0.15) is 0 Å². The number of hydrogen-bond donors (Lipinski definition) is 0. The lowest BCUT2D eigenvalue weighted by Gasteiger charge is -2.16. The fraction of sp³-hybridized carbons (Fsp3) is 0.381. The summed E-state index contributed by atoms with van der Waals surface area (Å²) in [7, 11) is 0. The van der Waals surface area contributed by atoms with Gasteiger partial charge in [0.25, 0.3) is 0 Å². The van der Waals surface area contributed by atoms with Crippen LogP contribution in [0.3, 0.4) is 0 Å². The largest absolute Gasteiger partial charge is 0.343 e. The number of rotatable bonds is 6. The molecule has 1 aliphatic heterocycles. The van der Waals surface area contributed by atoms with Gasteiger partial charge in [0.15, 0.2) is 0 Å². The third-order valence-corrected chi connectivity index (χ3v) is 5.44. The van der Waals surface area contributed by atoms with Gasteiger partial charge in [0.2, 0.25) is 5.91 Å². The first-order valence-electron chi connectivity index (χ1n) is 8.75. The maximum atomic E-state index is 11.6. The minimum absolute atomic E-state index is 0.327. The van der Waals surface area contributed by atoms with Crippen LogP contribution in [0.1, 0.15) is 48.8 Å². The van der Waals surface area contributed by atoms with Crippen LogP contribution < -0.4 is 0 Å². The van der Waals surface area contributed by atoms with E-state index in [0.717, 1.165) is 43.2 Å². The van der Waals surface area contributed by atoms with E-state index in [-0.39, 0.29) is 0 Å². The molecule has 0 radical (unpaired) electrons. The number of amides is 1. The van der Waals surface area contributed by atoms with Gasteiger partial charge in [-0.2, -0.15) is 0 Å². The zero-order valence-corrected chi connectivity index (χ0v) is 15.8. The predicted octanol–water partition coefficient (Wildman–Crippen LogP) is 5.16. The quantitative estimate of drug-likeness (QED) is 0.672. The van der Waals surface area contributed by atoms with Crippen molar-refractivity contribution in [3.8, 4) is 0 Å². The Morgan fingerprint density at radius 2 is 1.67 bits per heavy atom. The molecule has 0 N–H and O–H groups in total. The Morgan fingerprint density at radius 1 is 1.04 bits per heavy atom. The van der Waals surface area contributed by atoms with E-state index in [4.69, 9.17) is 0 Å². The Kier molecular flexibility index (Phi) is 5.72. The van der Waals surface area contributed by atoms with Crippen LogP contribution in [0.2, 0.25) is 0 Å². The Bertz CT molecular complexity index is 678. The molecular weight excluding hydrogens is 362 g/mol. The van der Waals surface area contributed by atoms with Crippen molar-refractivity contribution in [1.82, 2.24) is 4.90 Å². The van der Waals surface area contributed by atoms with E-state index < -0.39 is 0 Å². The van der Waals surface area contributed by atoms with Crippen LogP contribution in [-0.2, 0) is 11.2 Å². The molecule has 3 rings (SSSR count). The molecule has 1 heterocycles. The number of carbonyl (C=O) groups is 1. The van der Waals surface area contributed by atoms with Crippen LogP contribution >= 0.6 is 15.9 Å². The predicted molar refractivity (Wildman–Crippen MR) is 102 cm³/mol. The highest BCUT2D eigenvalue weighted by Gasteiger charge is 2.19. The molecule has 1 unspecified atom stereocenters. The summed E-state index contributed by atoms with van der Waals surface area (Å²) in [6.45, 7) is 4.09. The highest BCUT2D eigenvalue weighted by Crippen LogP contribution is 2.25. The van der Waals surface area contributed by atoms with Crippen LogP contribution in [0.15, 0.2) is 53.0 Å². The van der Waals surface area contributed by atoms with E-state index in [1.54, 1.807) is 0 Å². The van der Waals surface area contributed by atoms with Gasteiger partial charge in [-0.15, -0.1) is 0 Å². The van der Waals surface area contributed by atoms with Crippen LogP contribution in [-0.4, -0.2) is 23.9 Å². The van der Waals surface area contributed by atoms with Gasteiger partial charge < -0.3 is 4.90 Å². The SMILES string of the molecule is CC(c1ccc(Br)cc1)c1ccc(CCCN2CCCC2=O)cc1. The minimum Gasteiger partial charge on any atom is -0.343 e. The highest BCUT2D eigenvalue weighted by atomic mass is 79.9. The average molecular weight is 386 g/mol. The Hall–Kier alpha value is -1.61. The van der Waals surface area contributed by atoms with Crippen molar-refractivity contribution in [3.05, 3.63) is 69.7 Å². The molecule has 0 aromatic heterocycles. The first-order chi connectivity index (χ1) is 11.6. The molecule has 24 heavy (non-hydrogen) atoms. The number of benzene rings is 2. The Labute approximate surface area is 153 Å². The van der Waals surface area contributed by atoms with Crippen LogP contribution in [0.5, 0.6) is 0 Å². The molecular formula is C21H24BrNO. The molecule has 2 aromatic rings. The summed E-state index contributed by atoms with van der Waals surface area (Å²) in [6.07, 6.45) is 3.86. The molecule has 1 amide bonds.